The normalized spacial score (nSPS) is 12.4. The Kier molecular flexibility index (Phi) is 3.83. The van der Waals surface area contributed by atoms with Crippen molar-refractivity contribution in [2.45, 2.75) is 25.8 Å². The Labute approximate surface area is 102 Å². The van der Waals surface area contributed by atoms with Gasteiger partial charge in [-0.15, -0.1) is 0 Å². The van der Waals surface area contributed by atoms with Gasteiger partial charge in [-0.05, 0) is 30.9 Å². The molecule has 2 N–H and O–H groups in total. The van der Waals surface area contributed by atoms with E-state index in [2.05, 4.69) is 34.2 Å². The minimum Gasteiger partial charge on any atom is -0.328 e. The summed E-state index contributed by atoms with van der Waals surface area (Å²) in [7, 11) is 0. The zero-order valence-electron chi connectivity index (χ0n) is 10.0. The van der Waals surface area contributed by atoms with Crippen LogP contribution in [0.2, 0.25) is 0 Å². The van der Waals surface area contributed by atoms with E-state index in [4.69, 9.17) is 5.73 Å². The largest absolute Gasteiger partial charge is 0.328 e. The van der Waals surface area contributed by atoms with E-state index >= 15 is 0 Å². The fourth-order valence-corrected chi connectivity index (χ4v) is 1.75. The van der Waals surface area contributed by atoms with Gasteiger partial charge >= 0.3 is 0 Å². The molecule has 2 aromatic rings. The summed E-state index contributed by atoms with van der Waals surface area (Å²) in [5.74, 6) is 0. The van der Waals surface area contributed by atoms with Crippen molar-refractivity contribution in [3.8, 4) is 11.1 Å². The predicted molar refractivity (Wildman–Crippen MR) is 69.4 cm³/mol. The first-order valence-corrected chi connectivity index (χ1v) is 5.85. The van der Waals surface area contributed by atoms with Gasteiger partial charge in [0.15, 0.2) is 0 Å². The highest BCUT2D eigenvalue weighted by Gasteiger charge is 2.01. The maximum absolute atomic E-state index is 5.77. The molecule has 3 heteroatoms. The number of aryl methyl sites for hydroxylation is 1. The molecule has 2 rings (SSSR count). The lowest BCUT2D eigenvalue weighted by Crippen LogP contribution is -2.15. The molecule has 0 aliphatic carbocycles. The van der Waals surface area contributed by atoms with Gasteiger partial charge in [-0.25, -0.2) is 9.97 Å². The molecule has 1 heterocycles. The number of benzene rings is 1. The van der Waals surface area contributed by atoms with E-state index in [0.717, 1.165) is 24.0 Å². The summed E-state index contributed by atoms with van der Waals surface area (Å²) in [4.78, 5) is 8.07. The molecule has 1 unspecified atom stereocenters. The van der Waals surface area contributed by atoms with Crippen molar-refractivity contribution >= 4 is 0 Å². The van der Waals surface area contributed by atoms with Crippen LogP contribution in [0.5, 0.6) is 0 Å². The van der Waals surface area contributed by atoms with Gasteiger partial charge in [-0.1, -0.05) is 24.3 Å². The minimum atomic E-state index is 0.249. The van der Waals surface area contributed by atoms with E-state index in [1.165, 1.54) is 5.56 Å². The summed E-state index contributed by atoms with van der Waals surface area (Å²) in [5.41, 5.74) is 9.29. The summed E-state index contributed by atoms with van der Waals surface area (Å²) >= 11 is 0. The molecule has 0 saturated heterocycles. The molecule has 88 valence electrons. The van der Waals surface area contributed by atoms with E-state index in [1.807, 2.05) is 19.3 Å². The number of nitrogens with two attached hydrogens (primary N) is 1. The number of hydrogen-bond donors (Lipinski definition) is 1. The van der Waals surface area contributed by atoms with Gasteiger partial charge in [0.2, 0.25) is 0 Å². The van der Waals surface area contributed by atoms with E-state index in [9.17, 15) is 0 Å². The summed E-state index contributed by atoms with van der Waals surface area (Å²) < 4.78 is 0. The van der Waals surface area contributed by atoms with Crippen molar-refractivity contribution in [1.29, 1.82) is 0 Å². The van der Waals surface area contributed by atoms with E-state index in [-0.39, 0.29) is 6.04 Å². The zero-order valence-corrected chi connectivity index (χ0v) is 10.0. The Hall–Kier alpha value is -1.74. The molecule has 0 radical (unpaired) electrons. The second-order valence-corrected chi connectivity index (χ2v) is 4.34. The Morgan fingerprint density at radius 3 is 2.65 bits per heavy atom. The number of rotatable bonds is 4. The van der Waals surface area contributed by atoms with Crippen LogP contribution in [-0.4, -0.2) is 16.0 Å². The molecule has 1 atom stereocenters. The lowest BCUT2D eigenvalue weighted by molar-refractivity contribution is 0.666. The van der Waals surface area contributed by atoms with Crippen LogP contribution < -0.4 is 5.73 Å². The van der Waals surface area contributed by atoms with Gasteiger partial charge in [0.05, 0.1) is 0 Å². The summed E-state index contributed by atoms with van der Waals surface area (Å²) in [6.07, 6.45) is 7.23. The lowest BCUT2D eigenvalue weighted by Gasteiger charge is -2.07. The molecule has 0 spiro atoms. The molecule has 17 heavy (non-hydrogen) atoms. The Morgan fingerprint density at radius 1 is 1.18 bits per heavy atom. The quantitative estimate of drug-likeness (QED) is 0.872. The SMILES string of the molecule is CC(N)CCc1cccc(-c2cncnc2)c1. The van der Waals surface area contributed by atoms with Crippen LogP contribution in [0.1, 0.15) is 18.9 Å². The molecular weight excluding hydrogens is 210 g/mol. The fraction of sp³-hybridized carbons (Fsp3) is 0.286. The van der Waals surface area contributed by atoms with Crippen LogP contribution in [0, 0.1) is 0 Å². The van der Waals surface area contributed by atoms with Crippen LogP contribution in [0.15, 0.2) is 43.0 Å². The topological polar surface area (TPSA) is 51.8 Å². The Morgan fingerprint density at radius 2 is 1.94 bits per heavy atom. The standard InChI is InChI=1S/C14H17N3/c1-11(15)5-6-12-3-2-4-13(7-12)14-8-16-10-17-9-14/h2-4,7-11H,5-6,15H2,1H3. The van der Waals surface area contributed by atoms with E-state index in [1.54, 1.807) is 6.33 Å². The highest BCUT2D eigenvalue weighted by atomic mass is 14.8. The fourth-order valence-electron chi connectivity index (χ4n) is 1.75. The third kappa shape index (κ3) is 3.36. The number of aromatic nitrogens is 2. The highest BCUT2D eigenvalue weighted by molar-refractivity contribution is 5.62. The van der Waals surface area contributed by atoms with Gasteiger partial charge in [0.25, 0.3) is 0 Å². The molecule has 1 aromatic heterocycles. The zero-order chi connectivity index (χ0) is 12.1. The molecule has 0 amide bonds. The van der Waals surface area contributed by atoms with E-state index in [0.29, 0.717) is 0 Å². The van der Waals surface area contributed by atoms with Crippen molar-refractivity contribution < 1.29 is 0 Å². The second kappa shape index (κ2) is 5.55. The van der Waals surface area contributed by atoms with Crippen molar-refractivity contribution in [2.75, 3.05) is 0 Å². The van der Waals surface area contributed by atoms with Crippen LogP contribution >= 0.6 is 0 Å². The van der Waals surface area contributed by atoms with Crippen LogP contribution in [0.25, 0.3) is 11.1 Å². The van der Waals surface area contributed by atoms with Crippen LogP contribution in [0.3, 0.4) is 0 Å². The molecular formula is C14H17N3. The molecule has 0 aliphatic heterocycles. The first kappa shape index (κ1) is 11.7. The molecule has 3 nitrogen and oxygen atoms in total. The minimum absolute atomic E-state index is 0.249. The van der Waals surface area contributed by atoms with Gasteiger partial charge in [0.1, 0.15) is 6.33 Å². The van der Waals surface area contributed by atoms with Gasteiger partial charge in [0, 0.05) is 24.0 Å². The third-order valence-corrected chi connectivity index (χ3v) is 2.71. The number of hydrogen-bond acceptors (Lipinski definition) is 3. The predicted octanol–water partition coefficient (Wildman–Crippen LogP) is 2.42. The van der Waals surface area contributed by atoms with Gasteiger partial charge in [-0.3, -0.25) is 0 Å². The van der Waals surface area contributed by atoms with E-state index < -0.39 is 0 Å². The maximum Gasteiger partial charge on any atom is 0.115 e. The van der Waals surface area contributed by atoms with Crippen LogP contribution in [0.4, 0.5) is 0 Å². The summed E-state index contributed by atoms with van der Waals surface area (Å²) in [6, 6.07) is 8.71. The average molecular weight is 227 g/mol. The smallest absolute Gasteiger partial charge is 0.115 e. The van der Waals surface area contributed by atoms with Crippen molar-refractivity contribution in [3.05, 3.63) is 48.5 Å². The third-order valence-electron chi connectivity index (χ3n) is 2.71. The first-order chi connectivity index (χ1) is 8.25. The highest BCUT2D eigenvalue weighted by Crippen LogP contribution is 2.19. The lowest BCUT2D eigenvalue weighted by atomic mass is 10.0. The first-order valence-electron chi connectivity index (χ1n) is 5.85. The second-order valence-electron chi connectivity index (χ2n) is 4.34. The molecule has 0 aliphatic rings. The molecule has 1 aromatic carbocycles. The van der Waals surface area contributed by atoms with Crippen molar-refractivity contribution in [2.24, 2.45) is 5.73 Å². The maximum atomic E-state index is 5.77. The molecule has 0 fully saturated rings. The van der Waals surface area contributed by atoms with Crippen molar-refractivity contribution in [3.63, 3.8) is 0 Å². The molecule has 0 saturated carbocycles. The van der Waals surface area contributed by atoms with Crippen molar-refractivity contribution in [1.82, 2.24) is 9.97 Å². The molecule has 0 bridgehead atoms. The summed E-state index contributed by atoms with van der Waals surface area (Å²) in [5, 5.41) is 0. The average Bonchev–Trinajstić information content (AvgIpc) is 2.38. The van der Waals surface area contributed by atoms with Gasteiger partial charge in [-0.2, -0.15) is 0 Å². The Balaban J connectivity index is 2.17. The monoisotopic (exact) mass is 227 g/mol. The summed E-state index contributed by atoms with van der Waals surface area (Å²) in [6.45, 7) is 2.04. The van der Waals surface area contributed by atoms with Gasteiger partial charge < -0.3 is 5.73 Å². The Bertz CT molecular complexity index is 466. The number of nitrogens with zero attached hydrogens (tertiary/aromatic N) is 2. The van der Waals surface area contributed by atoms with Crippen LogP contribution in [-0.2, 0) is 6.42 Å².